The van der Waals surface area contributed by atoms with Crippen LogP contribution in [0.3, 0.4) is 0 Å². The Bertz CT molecular complexity index is 387. The first-order valence-electron chi connectivity index (χ1n) is 6.21. The van der Waals surface area contributed by atoms with Crippen molar-refractivity contribution < 1.29 is 14.3 Å². The van der Waals surface area contributed by atoms with Crippen LogP contribution >= 0.6 is 0 Å². The maximum absolute atomic E-state index is 11.6. The van der Waals surface area contributed by atoms with Crippen molar-refractivity contribution in [3.8, 4) is 0 Å². The number of ether oxygens (including phenoxy) is 2. The predicted molar refractivity (Wildman–Crippen MR) is 73.6 cm³/mol. The molecule has 0 saturated heterocycles. The third-order valence-electron chi connectivity index (χ3n) is 2.28. The van der Waals surface area contributed by atoms with Crippen LogP contribution in [0.15, 0.2) is 30.3 Å². The smallest absolute Gasteiger partial charge is 0.422 e. The van der Waals surface area contributed by atoms with E-state index in [1.54, 1.807) is 7.11 Å². The minimum atomic E-state index is -0.519. The van der Waals surface area contributed by atoms with Gasteiger partial charge >= 0.3 is 6.09 Å². The summed E-state index contributed by atoms with van der Waals surface area (Å²) in [6.45, 7) is 5.89. The third kappa shape index (κ3) is 6.22. The van der Waals surface area contributed by atoms with E-state index in [0.29, 0.717) is 6.61 Å². The van der Waals surface area contributed by atoms with Crippen LogP contribution in [0.25, 0.3) is 0 Å². The highest BCUT2D eigenvalue weighted by molar-refractivity contribution is 5.67. The van der Waals surface area contributed by atoms with Gasteiger partial charge in [0, 0.05) is 7.11 Å². The first-order chi connectivity index (χ1) is 8.92. The van der Waals surface area contributed by atoms with E-state index in [-0.39, 0.29) is 6.04 Å². The van der Waals surface area contributed by atoms with Crippen molar-refractivity contribution in [2.24, 2.45) is 0 Å². The van der Waals surface area contributed by atoms with Crippen molar-refractivity contribution >= 4 is 6.09 Å². The van der Waals surface area contributed by atoms with Crippen LogP contribution in [0.1, 0.15) is 32.4 Å². The molecule has 0 fully saturated rings. The second kappa shape index (κ2) is 7.11. The SMILES string of the molecule is COCC(NNC(=O)OC(C)(C)C)c1ccccc1. The molecule has 0 aromatic heterocycles. The Kier molecular flexibility index (Phi) is 5.79. The van der Waals surface area contributed by atoms with Gasteiger partial charge in [-0.2, -0.15) is 0 Å². The summed E-state index contributed by atoms with van der Waals surface area (Å²) in [5.74, 6) is 0. The highest BCUT2D eigenvalue weighted by atomic mass is 16.6. The van der Waals surface area contributed by atoms with Gasteiger partial charge in [-0.15, -0.1) is 0 Å². The van der Waals surface area contributed by atoms with Crippen molar-refractivity contribution in [2.45, 2.75) is 32.4 Å². The first kappa shape index (κ1) is 15.5. The lowest BCUT2D eigenvalue weighted by atomic mass is 10.1. The largest absolute Gasteiger partial charge is 0.443 e. The molecule has 0 aliphatic carbocycles. The topological polar surface area (TPSA) is 59.6 Å². The molecule has 1 unspecified atom stereocenters. The Morgan fingerprint density at radius 3 is 2.42 bits per heavy atom. The van der Waals surface area contributed by atoms with Crippen LogP contribution in [0.4, 0.5) is 4.79 Å². The highest BCUT2D eigenvalue weighted by Gasteiger charge is 2.17. The minimum absolute atomic E-state index is 0.126. The van der Waals surface area contributed by atoms with Gasteiger partial charge in [0.1, 0.15) is 5.60 Å². The van der Waals surface area contributed by atoms with Crippen molar-refractivity contribution in [2.75, 3.05) is 13.7 Å². The van der Waals surface area contributed by atoms with E-state index in [2.05, 4.69) is 10.9 Å². The Labute approximate surface area is 114 Å². The summed E-state index contributed by atoms with van der Waals surface area (Å²) in [5.41, 5.74) is 5.95. The molecule has 2 N–H and O–H groups in total. The lowest BCUT2D eigenvalue weighted by Gasteiger charge is -2.22. The van der Waals surface area contributed by atoms with E-state index in [1.165, 1.54) is 0 Å². The van der Waals surface area contributed by atoms with Crippen LogP contribution in [-0.2, 0) is 9.47 Å². The molecule has 5 heteroatoms. The maximum Gasteiger partial charge on any atom is 0.422 e. The summed E-state index contributed by atoms with van der Waals surface area (Å²) < 4.78 is 10.3. The van der Waals surface area contributed by atoms with Gasteiger partial charge in [0.05, 0.1) is 12.6 Å². The number of hydrogen-bond acceptors (Lipinski definition) is 4. The summed E-state index contributed by atoms with van der Waals surface area (Å²) >= 11 is 0. The Balaban J connectivity index is 2.54. The normalized spacial score (nSPS) is 12.8. The predicted octanol–water partition coefficient (Wildman–Crippen LogP) is 2.40. The van der Waals surface area contributed by atoms with E-state index < -0.39 is 11.7 Å². The molecule has 1 amide bonds. The lowest BCUT2D eigenvalue weighted by molar-refractivity contribution is 0.0471. The average molecular weight is 266 g/mol. The van der Waals surface area contributed by atoms with Crippen molar-refractivity contribution in [1.29, 1.82) is 0 Å². The summed E-state index contributed by atoms with van der Waals surface area (Å²) in [7, 11) is 1.62. The van der Waals surface area contributed by atoms with Gasteiger partial charge in [-0.1, -0.05) is 30.3 Å². The first-order valence-corrected chi connectivity index (χ1v) is 6.21. The summed E-state index contributed by atoms with van der Waals surface area (Å²) in [5, 5.41) is 0. The van der Waals surface area contributed by atoms with Gasteiger partial charge in [-0.25, -0.2) is 10.2 Å². The summed E-state index contributed by atoms with van der Waals surface area (Å²) in [6.07, 6.45) is -0.510. The zero-order chi connectivity index (χ0) is 14.3. The standard InChI is InChI=1S/C14H22N2O3/c1-14(2,3)19-13(17)16-15-12(10-18-4)11-8-6-5-7-9-11/h5-9,12,15H,10H2,1-4H3,(H,16,17). The molecule has 0 saturated carbocycles. The second-order valence-electron chi connectivity index (χ2n) is 5.19. The molecule has 106 valence electrons. The molecule has 0 bridgehead atoms. The fourth-order valence-electron chi connectivity index (χ4n) is 1.52. The number of benzene rings is 1. The zero-order valence-electron chi connectivity index (χ0n) is 11.9. The molecule has 0 radical (unpaired) electrons. The fourth-order valence-corrected chi connectivity index (χ4v) is 1.52. The molecule has 1 rings (SSSR count). The van der Waals surface area contributed by atoms with Crippen LogP contribution in [0.5, 0.6) is 0 Å². The van der Waals surface area contributed by atoms with Crippen LogP contribution in [-0.4, -0.2) is 25.4 Å². The number of carbonyl (C=O) groups is 1. The van der Waals surface area contributed by atoms with Gasteiger partial charge in [-0.3, -0.25) is 5.43 Å². The van der Waals surface area contributed by atoms with E-state index in [1.807, 2.05) is 51.1 Å². The Hall–Kier alpha value is -1.59. The number of amides is 1. The molecule has 0 spiro atoms. The maximum atomic E-state index is 11.6. The molecule has 0 heterocycles. The lowest BCUT2D eigenvalue weighted by Crippen LogP contribution is -2.44. The number of hydrogen-bond donors (Lipinski definition) is 2. The molecular weight excluding hydrogens is 244 g/mol. The van der Waals surface area contributed by atoms with Crippen molar-refractivity contribution in [3.63, 3.8) is 0 Å². The Morgan fingerprint density at radius 2 is 1.89 bits per heavy atom. The van der Waals surface area contributed by atoms with E-state index in [9.17, 15) is 4.79 Å². The van der Waals surface area contributed by atoms with Gasteiger partial charge < -0.3 is 9.47 Å². The van der Waals surface area contributed by atoms with Crippen LogP contribution < -0.4 is 10.9 Å². The quantitative estimate of drug-likeness (QED) is 0.803. The number of methoxy groups -OCH3 is 1. The average Bonchev–Trinajstić information content (AvgIpc) is 2.33. The van der Waals surface area contributed by atoms with E-state index >= 15 is 0 Å². The van der Waals surface area contributed by atoms with E-state index in [4.69, 9.17) is 9.47 Å². The van der Waals surface area contributed by atoms with Crippen LogP contribution in [0.2, 0.25) is 0 Å². The molecule has 0 aliphatic heterocycles. The monoisotopic (exact) mass is 266 g/mol. The molecule has 0 aliphatic rings. The van der Waals surface area contributed by atoms with Crippen molar-refractivity contribution in [3.05, 3.63) is 35.9 Å². The molecular formula is C14H22N2O3. The third-order valence-corrected chi connectivity index (χ3v) is 2.28. The number of hydrazine groups is 1. The number of carbonyl (C=O) groups excluding carboxylic acids is 1. The molecule has 1 atom stereocenters. The summed E-state index contributed by atoms with van der Waals surface area (Å²) in [6, 6.07) is 9.62. The van der Waals surface area contributed by atoms with Gasteiger partial charge in [0.25, 0.3) is 0 Å². The van der Waals surface area contributed by atoms with E-state index in [0.717, 1.165) is 5.56 Å². The molecule has 5 nitrogen and oxygen atoms in total. The number of nitrogens with one attached hydrogen (secondary N) is 2. The number of rotatable bonds is 5. The summed E-state index contributed by atoms with van der Waals surface area (Å²) in [4.78, 5) is 11.6. The molecule has 1 aromatic carbocycles. The fraction of sp³-hybridized carbons (Fsp3) is 0.500. The molecule has 19 heavy (non-hydrogen) atoms. The highest BCUT2D eigenvalue weighted by Crippen LogP contribution is 2.12. The zero-order valence-corrected chi connectivity index (χ0v) is 11.9. The Morgan fingerprint density at radius 1 is 1.26 bits per heavy atom. The second-order valence-corrected chi connectivity index (χ2v) is 5.19. The van der Waals surface area contributed by atoms with Crippen molar-refractivity contribution in [1.82, 2.24) is 10.9 Å². The van der Waals surface area contributed by atoms with Gasteiger partial charge in [-0.05, 0) is 26.3 Å². The molecule has 1 aromatic rings. The minimum Gasteiger partial charge on any atom is -0.443 e. The van der Waals surface area contributed by atoms with Crippen LogP contribution in [0, 0.1) is 0 Å². The van der Waals surface area contributed by atoms with Gasteiger partial charge in [0.15, 0.2) is 0 Å². The van der Waals surface area contributed by atoms with Gasteiger partial charge in [0.2, 0.25) is 0 Å².